The van der Waals surface area contributed by atoms with E-state index in [9.17, 15) is 4.79 Å². The van der Waals surface area contributed by atoms with E-state index in [1.165, 1.54) is 11.8 Å². The van der Waals surface area contributed by atoms with Crippen LogP contribution < -0.4 is 14.8 Å². The van der Waals surface area contributed by atoms with Crippen LogP contribution in [0, 0.1) is 6.92 Å². The van der Waals surface area contributed by atoms with E-state index in [0.717, 1.165) is 66.8 Å². The van der Waals surface area contributed by atoms with E-state index in [4.69, 9.17) is 19.2 Å². The zero-order valence-electron chi connectivity index (χ0n) is 19.9. The number of amides is 1. The van der Waals surface area contributed by atoms with Gasteiger partial charge in [0.25, 0.3) is 0 Å². The molecule has 0 unspecified atom stereocenters. The van der Waals surface area contributed by atoms with Crippen molar-refractivity contribution in [1.29, 1.82) is 0 Å². The fraction of sp³-hybridized carbons (Fsp3) is 0.458. The van der Waals surface area contributed by atoms with E-state index in [-0.39, 0.29) is 5.91 Å². The summed E-state index contributed by atoms with van der Waals surface area (Å²) in [6.45, 7) is 7.13. The fourth-order valence-corrected chi connectivity index (χ4v) is 4.80. The number of nitrogens with zero attached hydrogens (tertiary/aromatic N) is 4. The third-order valence-electron chi connectivity index (χ3n) is 5.69. The highest BCUT2D eigenvalue weighted by Crippen LogP contribution is 2.34. The number of fused-ring (bicyclic) bond motifs is 1. The van der Waals surface area contributed by atoms with Crippen molar-refractivity contribution in [2.75, 3.05) is 59.4 Å². The summed E-state index contributed by atoms with van der Waals surface area (Å²) < 4.78 is 17.9. The lowest BCUT2D eigenvalue weighted by molar-refractivity contribution is -0.118. The highest BCUT2D eigenvalue weighted by molar-refractivity contribution is 7.99. The first-order valence-corrected chi connectivity index (χ1v) is 12.3. The molecule has 3 heterocycles. The lowest BCUT2D eigenvalue weighted by Crippen LogP contribution is -2.38. The number of morpholine rings is 1. The Labute approximate surface area is 203 Å². The van der Waals surface area contributed by atoms with Crippen LogP contribution >= 0.6 is 11.8 Å². The standard InChI is InChI=1S/C24H31N5O4S/c1-17-13-23(34-16-22(30)25-7-4-8-28-9-11-33-12-10-28)29-24(27-17)19(15-26-29)18-5-6-20(31-2)21(14-18)32-3/h5-6,13-15H,4,7-12,16H2,1-3H3,(H,25,30). The van der Waals surface area contributed by atoms with Crippen LogP contribution in [-0.2, 0) is 9.53 Å². The van der Waals surface area contributed by atoms with Crippen LogP contribution in [0.5, 0.6) is 11.5 Å². The van der Waals surface area contributed by atoms with Gasteiger partial charge in [-0.1, -0.05) is 17.8 Å². The number of hydrogen-bond donors (Lipinski definition) is 1. The Bertz CT molecular complexity index is 1130. The van der Waals surface area contributed by atoms with Gasteiger partial charge in [0.15, 0.2) is 17.1 Å². The number of nitrogens with one attached hydrogen (secondary N) is 1. The average molecular weight is 486 g/mol. The van der Waals surface area contributed by atoms with E-state index in [1.54, 1.807) is 24.9 Å². The van der Waals surface area contributed by atoms with E-state index < -0.39 is 0 Å². The summed E-state index contributed by atoms with van der Waals surface area (Å²) in [6.07, 6.45) is 2.72. The van der Waals surface area contributed by atoms with Crippen LogP contribution in [0.1, 0.15) is 12.1 Å². The molecule has 1 saturated heterocycles. The summed E-state index contributed by atoms with van der Waals surface area (Å²) >= 11 is 1.46. The van der Waals surface area contributed by atoms with Crippen molar-refractivity contribution in [1.82, 2.24) is 24.8 Å². The van der Waals surface area contributed by atoms with Gasteiger partial charge in [0.1, 0.15) is 5.03 Å². The van der Waals surface area contributed by atoms with Crippen molar-refractivity contribution in [3.63, 3.8) is 0 Å². The molecule has 0 bridgehead atoms. The number of aryl methyl sites for hydroxylation is 1. The van der Waals surface area contributed by atoms with Crippen molar-refractivity contribution < 1.29 is 19.0 Å². The number of carbonyl (C=O) groups excluding carboxylic acids is 1. The number of methoxy groups -OCH3 is 2. The summed E-state index contributed by atoms with van der Waals surface area (Å²) in [5.74, 6) is 1.65. The zero-order chi connectivity index (χ0) is 23.9. The molecule has 0 saturated carbocycles. The predicted molar refractivity (Wildman–Crippen MR) is 132 cm³/mol. The highest BCUT2D eigenvalue weighted by Gasteiger charge is 2.16. The van der Waals surface area contributed by atoms with E-state index >= 15 is 0 Å². The quantitative estimate of drug-likeness (QED) is 0.266. The SMILES string of the molecule is COc1ccc(-c2cnn3c(SCC(=O)NCCCN4CCOCC4)cc(C)nc23)cc1OC. The largest absolute Gasteiger partial charge is 0.493 e. The molecular formula is C24H31N5O4S. The molecule has 182 valence electrons. The molecule has 0 radical (unpaired) electrons. The molecule has 9 nitrogen and oxygen atoms in total. The van der Waals surface area contributed by atoms with E-state index in [2.05, 4.69) is 15.3 Å². The Morgan fingerprint density at radius 1 is 1.18 bits per heavy atom. The number of benzene rings is 1. The molecule has 1 amide bonds. The van der Waals surface area contributed by atoms with Crippen molar-refractivity contribution in [2.45, 2.75) is 18.4 Å². The molecule has 4 rings (SSSR count). The van der Waals surface area contributed by atoms with Gasteiger partial charge in [0, 0.05) is 30.9 Å². The van der Waals surface area contributed by atoms with Gasteiger partial charge in [0.2, 0.25) is 5.91 Å². The maximum atomic E-state index is 12.4. The first-order valence-electron chi connectivity index (χ1n) is 11.4. The molecule has 34 heavy (non-hydrogen) atoms. The van der Waals surface area contributed by atoms with Crippen molar-refractivity contribution in [2.24, 2.45) is 0 Å². The lowest BCUT2D eigenvalue weighted by Gasteiger charge is -2.26. The summed E-state index contributed by atoms with van der Waals surface area (Å²) in [6, 6.07) is 7.69. The maximum Gasteiger partial charge on any atom is 0.230 e. The smallest absolute Gasteiger partial charge is 0.230 e. The normalized spacial score (nSPS) is 14.3. The number of ether oxygens (including phenoxy) is 3. The first kappa shape index (κ1) is 24.3. The molecule has 1 aliphatic heterocycles. The van der Waals surface area contributed by atoms with Gasteiger partial charge in [0.05, 0.1) is 39.4 Å². The van der Waals surface area contributed by atoms with Gasteiger partial charge in [-0.05, 0) is 43.7 Å². The summed E-state index contributed by atoms with van der Waals surface area (Å²) in [5.41, 5.74) is 3.42. The average Bonchev–Trinajstić information content (AvgIpc) is 3.29. The second-order valence-electron chi connectivity index (χ2n) is 8.05. The molecule has 3 aromatic rings. The molecule has 2 aromatic heterocycles. The minimum atomic E-state index is 0.0156. The number of hydrogen-bond acceptors (Lipinski definition) is 8. The van der Waals surface area contributed by atoms with Crippen molar-refractivity contribution in [3.8, 4) is 22.6 Å². The molecule has 1 aromatic carbocycles. The Kier molecular flexibility index (Phi) is 8.25. The summed E-state index contributed by atoms with van der Waals surface area (Å²) in [7, 11) is 3.23. The van der Waals surface area contributed by atoms with Gasteiger partial charge in [-0.25, -0.2) is 9.50 Å². The first-order chi connectivity index (χ1) is 16.6. The Morgan fingerprint density at radius 3 is 2.74 bits per heavy atom. The predicted octanol–water partition coefficient (Wildman–Crippen LogP) is 2.65. The lowest BCUT2D eigenvalue weighted by atomic mass is 10.1. The molecule has 10 heteroatoms. The highest BCUT2D eigenvalue weighted by atomic mass is 32.2. The zero-order valence-corrected chi connectivity index (χ0v) is 20.7. The van der Waals surface area contributed by atoms with Crippen LogP contribution in [0.25, 0.3) is 16.8 Å². The Balaban J connectivity index is 1.39. The summed E-state index contributed by atoms with van der Waals surface area (Å²) in [5, 5.41) is 8.45. The van der Waals surface area contributed by atoms with Crippen molar-refractivity contribution >= 4 is 23.3 Å². The minimum absolute atomic E-state index is 0.0156. The molecule has 1 fully saturated rings. The van der Waals surface area contributed by atoms with E-state index in [0.29, 0.717) is 23.8 Å². The Morgan fingerprint density at radius 2 is 1.97 bits per heavy atom. The topological polar surface area (TPSA) is 90.2 Å². The van der Waals surface area contributed by atoms with Gasteiger partial charge in [-0.2, -0.15) is 5.10 Å². The molecular weight excluding hydrogens is 454 g/mol. The number of thioether (sulfide) groups is 1. The van der Waals surface area contributed by atoms with Crippen LogP contribution in [0.15, 0.2) is 35.5 Å². The van der Waals surface area contributed by atoms with Crippen LogP contribution in [0.3, 0.4) is 0 Å². The molecule has 1 aliphatic rings. The second kappa shape index (κ2) is 11.5. The number of aromatic nitrogens is 3. The molecule has 1 N–H and O–H groups in total. The molecule has 0 atom stereocenters. The van der Waals surface area contributed by atoms with Crippen LogP contribution in [0.2, 0.25) is 0 Å². The second-order valence-corrected chi connectivity index (χ2v) is 9.04. The third kappa shape index (κ3) is 5.81. The fourth-order valence-electron chi connectivity index (χ4n) is 3.91. The number of carbonyl (C=O) groups is 1. The van der Waals surface area contributed by atoms with Gasteiger partial charge in [-0.3, -0.25) is 9.69 Å². The molecule has 0 aliphatic carbocycles. The van der Waals surface area contributed by atoms with Gasteiger partial charge >= 0.3 is 0 Å². The number of rotatable bonds is 10. The van der Waals surface area contributed by atoms with Gasteiger partial charge < -0.3 is 19.5 Å². The van der Waals surface area contributed by atoms with Crippen molar-refractivity contribution in [3.05, 3.63) is 36.2 Å². The monoisotopic (exact) mass is 485 g/mol. The maximum absolute atomic E-state index is 12.4. The van der Waals surface area contributed by atoms with Crippen LogP contribution in [0.4, 0.5) is 0 Å². The van der Waals surface area contributed by atoms with Gasteiger partial charge in [-0.15, -0.1) is 0 Å². The Hall–Kier alpha value is -2.82. The third-order valence-corrected chi connectivity index (χ3v) is 6.68. The summed E-state index contributed by atoms with van der Waals surface area (Å²) in [4.78, 5) is 19.5. The minimum Gasteiger partial charge on any atom is -0.493 e. The molecule has 0 spiro atoms. The van der Waals surface area contributed by atoms with Crippen LogP contribution in [-0.4, -0.2) is 84.8 Å². The van der Waals surface area contributed by atoms with E-state index in [1.807, 2.05) is 31.2 Å².